The minimum atomic E-state index is -0.785. The van der Waals surface area contributed by atoms with Crippen molar-refractivity contribution in [3.05, 3.63) is 21.9 Å². The highest BCUT2D eigenvalue weighted by Crippen LogP contribution is 2.26. The molecule has 0 aliphatic carbocycles. The zero-order chi connectivity index (χ0) is 14.5. The summed E-state index contributed by atoms with van der Waals surface area (Å²) in [5.41, 5.74) is 0. The van der Waals surface area contributed by atoms with Crippen molar-refractivity contribution in [3.8, 4) is 0 Å². The fraction of sp³-hybridized carbons (Fsp3) is 0.600. The van der Waals surface area contributed by atoms with Gasteiger partial charge in [-0.15, -0.1) is 11.3 Å². The van der Waals surface area contributed by atoms with Crippen molar-refractivity contribution in [2.24, 2.45) is 0 Å². The predicted octanol–water partition coefficient (Wildman–Crippen LogP) is 3.17. The summed E-state index contributed by atoms with van der Waals surface area (Å²) in [5, 5.41) is 8.82. The molecule has 110 valence electrons. The van der Waals surface area contributed by atoms with Crippen molar-refractivity contribution in [2.75, 3.05) is 6.54 Å². The molecule has 1 amide bonds. The molecule has 20 heavy (non-hydrogen) atoms. The average molecular weight is 295 g/mol. The molecule has 1 aliphatic heterocycles. The van der Waals surface area contributed by atoms with Gasteiger partial charge in [0.1, 0.15) is 0 Å². The Hall–Kier alpha value is -1.36. The molecule has 1 fully saturated rings. The number of thiophene rings is 1. The molecule has 1 atom stereocenters. The van der Waals surface area contributed by atoms with Gasteiger partial charge < -0.3 is 10.0 Å². The summed E-state index contributed by atoms with van der Waals surface area (Å²) in [5.74, 6) is -0.711. The van der Waals surface area contributed by atoms with E-state index in [0.29, 0.717) is 6.42 Å². The molecule has 0 saturated carbocycles. The van der Waals surface area contributed by atoms with Gasteiger partial charge in [-0.1, -0.05) is 6.92 Å². The van der Waals surface area contributed by atoms with Crippen molar-refractivity contribution < 1.29 is 14.7 Å². The van der Waals surface area contributed by atoms with Crippen molar-refractivity contribution in [3.63, 3.8) is 0 Å². The third kappa shape index (κ3) is 3.60. The van der Waals surface area contributed by atoms with Gasteiger partial charge in [0.05, 0.1) is 4.88 Å². The fourth-order valence-electron chi connectivity index (χ4n) is 2.68. The highest BCUT2D eigenvalue weighted by molar-refractivity contribution is 7.14. The van der Waals surface area contributed by atoms with Crippen molar-refractivity contribution in [2.45, 2.75) is 51.5 Å². The maximum atomic E-state index is 12.6. The second-order valence-corrected chi connectivity index (χ2v) is 6.37. The lowest BCUT2D eigenvalue weighted by atomic mass is 9.97. The van der Waals surface area contributed by atoms with Crippen LogP contribution in [0.1, 0.15) is 53.6 Å². The molecule has 0 unspecified atom stereocenters. The Kier molecular flexibility index (Phi) is 5.17. The first-order chi connectivity index (χ1) is 9.61. The number of hydrogen-bond acceptors (Lipinski definition) is 3. The monoisotopic (exact) mass is 295 g/mol. The van der Waals surface area contributed by atoms with Crippen LogP contribution in [-0.4, -0.2) is 34.5 Å². The number of nitrogens with zero attached hydrogens (tertiary/aromatic N) is 1. The molecule has 0 radical (unpaired) electrons. The first-order valence-electron chi connectivity index (χ1n) is 7.23. The SMILES string of the molecule is CCc1ccc(C(=O)N2CCCC[C@H]2CCC(=O)O)s1. The van der Waals surface area contributed by atoms with E-state index in [1.54, 1.807) is 11.3 Å². The third-order valence-corrected chi connectivity index (χ3v) is 5.02. The Morgan fingerprint density at radius 3 is 2.85 bits per heavy atom. The van der Waals surface area contributed by atoms with Gasteiger partial charge in [0.2, 0.25) is 0 Å². The predicted molar refractivity (Wildman–Crippen MR) is 79.2 cm³/mol. The second-order valence-electron chi connectivity index (χ2n) is 5.20. The van der Waals surface area contributed by atoms with Crippen LogP contribution in [0.3, 0.4) is 0 Å². The number of piperidine rings is 1. The van der Waals surface area contributed by atoms with Gasteiger partial charge in [0.15, 0.2) is 0 Å². The van der Waals surface area contributed by atoms with Crippen LogP contribution in [0, 0.1) is 0 Å². The summed E-state index contributed by atoms with van der Waals surface area (Å²) >= 11 is 1.55. The number of aryl methyl sites for hydroxylation is 1. The Morgan fingerprint density at radius 1 is 1.40 bits per heavy atom. The highest BCUT2D eigenvalue weighted by atomic mass is 32.1. The Balaban J connectivity index is 2.06. The standard InChI is InChI=1S/C15H21NO3S/c1-2-12-7-8-13(20-12)15(19)16-10-4-3-5-11(16)6-9-14(17)18/h7-8,11H,2-6,9-10H2,1H3,(H,17,18)/t11-/m0/s1. The molecular weight excluding hydrogens is 274 g/mol. The lowest BCUT2D eigenvalue weighted by Gasteiger charge is -2.35. The van der Waals surface area contributed by atoms with E-state index >= 15 is 0 Å². The first-order valence-corrected chi connectivity index (χ1v) is 8.05. The minimum Gasteiger partial charge on any atom is -0.481 e. The van der Waals surface area contributed by atoms with E-state index in [9.17, 15) is 9.59 Å². The maximum absolute atomic E-state index is 12.6. The lowest BCUT2D eigenvalue weighted by Crippen LogP contribution is -2.43. The maximum Gasteiger partial charge on any atom is 0.303 e. The molecule has 1 aromatic rings. The van der Waals surface area contributed by atoms with Crippen LogP contribution >= 0.6 is 11.3 Å². The molecule has 0 bridgehead atoms. The summed E-state index contributed by atoms with van der Waals surface area (Å²) < 4.78 is 0. The number of carbonyl (C=O) groups excluding carboxylic acids is 1. The van der Waals surface area contributed by atoms with Crippen LogP contribution in [-0.2, 0) is 11.2 Å². The average Bonchev–Trinajstić information content (AvgIpc) is 2.93. The van der Waals surface area contributed by atoms with E-state index in [0.717, 1.165) is 37.1 Å². The minimum absolute atomic E-state index is 0.0739. The number of carboxylic acid groups (broad SMARTS) is 1. The Labute approximate surface area is 123 Å². The summed E-state index contributed by atoms with van der Waals surface area (Å²) in [6.45, 7) is 2.83. The van der Waals surface area contributed by atoms with Crippen molar-refractivity contribution in [1.82, 2.24) is 4.90 Å². The fourth-order valence-corrected chi connectivity index (χ4v) is 3.59. The number of carbonyl (C=O) groups is 2. The van der Waals surface area contributed by atoms with Crippen molar-refractivity contribution in [1.29, 1.82) is 0 Å². The van der Waals surface area contributed by atoms with Crippen LogP contribution < -0.4 is 0 Å². The van der Waals surface area contributed by atoms with E-state index in [4.69, 9.17) is 5.11 Å². The van der Waals surface area contributed by atoms with Gasteiger partial charge in [-0.3, -0.25) is 9.59 Å². The quantitative estimate of drug-likeness (QED) is 0.907. The van der Waals surface area contributed by atoms with Crippen molar-refractivity contribution >= 4 is 23.2 Å². The molecular formula is C15H21NO3S. The molecule has 4 nitrogen and oxygen atoms in total. The smallest absolute Gasteiger partial charge is 0.303 e. The van der Waals surface area contributed by atoms with Gasteiger partial charge in [-0.2, -0.15) is 0 Å². The molecule has 1 aliphatic rings. The number of likely N-dealkylation sites (tertiary alicyclic amines) is 1. The highest BCUT2D eigenvalue weighted by Gasteiger charge is 2.28. The number of rotatable bonds is 5. The van der Waals surface area contributed by atoms with E-state index in [1.165, 1.54) is 4.88 Å². The number of amides is 1. The number of carboxylic acids is 1. The summed E-state index contributed by atoms with van der Waals surface area (Å²) in [6.07, 6.45) is 4.66. The molecule has 1 N–H and O–H groups in total. The van der Waals surface area contributed by atoms with Gasteiger partial charge in [0, 0.05) is 23.9 Å². The first kappa shape index (κ1) is 15.0. The second kappa shape index (κ2) is 6.88. The van der Waals surface area contributed by atoms with Gasteiger partial charge in [0.25, 0.3) is 5.91 Å². The molecule has 0 aromatic carbocycles. The van der Waals surface area contributed by atoms with Crippen LogP contribution in [0.2, 0.25) is 0 Å². The lowest BCUT2D eigenvalue weighted by molar-refractivity contribution is -0.137. The molecule has 2 rings (SSSR count). The third-order valence-electron chi connectivity index (χ3n) is 3.80. The molecule has 1 saturated heterocycles. The number of hydrogen-bond donors (Lipinski definition) is 1. The topological polar surface area (TPSA) is 57.6 Å². The molecule has 1 aromatic heterocycles. The van der Waals surface area contributed by atoms with Gasteiger partial charge in [-0.25, -0.2) is 0 Å². The van der Waals surface area contributed by atoms with Crippen LogP contribution in [0.25, 0.3) is 0 Å². The van der Waals surface area contributed by atoms with Crippen LogP contribution in [0.4, 0.5) is 0 Å². The molecule has 2 heterocycles. The zero-order valence-corrected chi connectivity index (χ0v) is 12.6. The molecule has 5 heteroatoms. The van der Waals surface area contributed by atoms with Crippen LogP contribution in [0.5, 0.6) is 0 Å². The Morgan fingerprint density at radius 2 is 2.20 bits per heavy atom. The van der Waals surface area contributed by atoms with Crippen LogP contribution in [0.15, 0.2) is 12.1 Å². The Bertz CT molecular complexity index is 483. The van der Waals surface area contributed by atoms with Gasteiger partial charge in [-0.05, 0) is 44.2 Å². The van der Waals surface area contributed by atoms with E-state index < -0.39 is 5.97 Å². The summed E-state index contributed by atoms with van der Waals surface area (Å²) in [6, 6.07) is 3.99. The zero-order valence-electron chi connectivity index (χ0n) is 11.8. The van der Waals surface area contributed by atoms with E-state index in [-0.39, 0.29) is 18.4 Å². The largest absolute Gasteiger partial charge is 0.481 e. The number of aliphatic carboxylic acids is 1. The van der Waals surface area contributed by atoms with E-state index in [1.807, 2.05) is 17.0 Å². The summed E-state index contributed by atoms with van der Waals surface area (Å²) in [4.78, 5) is 27.2. The molecule has 0 spiro atoms. The van der Waals surface area contributed by atoms with Gasteiger partial charge >= 0.3 is 5.97 Å². The normalized spacial score (nSPS) is 19.1. The summed E-state index contributed by atoms with van der Waals surface area (Å²) in [7, 11) is 0. The van der Waals surface area contributed by atoms with E-state index in [2.05, 4.69) is 6.92 Å².